The number of phenolic OH excluding ortho intramolecular Hbond substituents is 1. The number of aromatic hydroxyl groups is 1. The lowest BCUT2D eigenvalue weighted by molar-refractivity contribution is -0.117. The molecule has 0 radical (unpaired) electrons. The molecule has 2 unspecified atom stereocenters. The third-order valence-electron chi connectivity index (χ3n) is 2.56. The van der Waals surface area contributed by atoms with Crippen molar-refractivity contribution in [1.29, 1.82) is 0 Å². The van der Waals surface area contributed by atoms with Crippen molar-refractivity contribution in [2.75, 3.05) is 5.32 Å². The average molecular weight is 191 g/mol. The molecule has 0 saturated heterocycles. The fourth-order valence-electron chi connectivity index (χ4n) is 1.51. The molecule has 1 fully saturated rings. The minimum Gasteiger partial charge on any atom is -0.508 e. The number of phenols is 1. The van der Waals surface area contributed by atoms with Crippen molar-refractivity contribution < 1.29 is 9.90 Å². The summed E-state index contributed by atoms with van der Waals surface area (Å²) in [5, 5.41) is 12.0. The van der Waals surface area contributed by atoms with Crippen molar-refractivity contribution in [1.82, 2.24) is 0 Å². The lowest BCUT2D eigenvalue weighted by atomic mass is 10.2. The molecule has 1 aromatic rings. The SMILES string of the molecule is CC1CC1C(=O)Nc1cccc(O)c1. The van der Waals surface area contributed by atoms with E-state index in [-0.39, 0.29) is 17.6 Å². The molecule has 0 aromatic heterocycles. The number of amides is 1. The predicted molar refractivity (Wildman–Crippen MR) is 54.0 cm³/mol. The summed E-state index contributed by atoms with van der Waals surface area (Å²) in [6, 6.07) is 6.60. The van der Waals surface area contributed by atoms with Gasteiger partial charge in [-0.2, -0.15) is 0 Å². The number of carbonyl (C=O) groups excluding carboxylic acids is 1. The van der Waals surface area contributed by atoms with E-state index in [9.17, 15) is 9.90 Å². The van der Waals surface area contributed by atoms with Crippen molar-refractivity contribution in [2.45, 2.75) is 13.3 Å². The molecule has 2 atom stereocenters. The summed E-state index contributed by atoms with van der Waals surface area (Å²) in [6.45, 7) is 2.06. The molecule has 1 saturated carbocycles. The van der Waals surface area contributed by atoms with E-state index in [0.29, 0.717) is 11.6 Å². The Bertz CT molecular complexity index is 362. The maximum absolute atomic E-state index is 11.5. The molecule has 1 amide bonds. The Balaban J connectivity index is 2.00. The minimum atomic E-state index is 0.0584. The highest BCUT2D eigenvalue weighted by atomic mass is 16.3. The van der Waals surface area contributed by atoms with Gasteiger partial charge in [0.25, 0.3) is 0 Å². The molecule has 74 valence electrons. The van der Waals surface area contributed by atoms with Crippen LogP contribution in [-0.2, 0) is 4.79 Å². The second kappa shape index (κ2) is 3.33. The van der Waals surface area contributed by atoms with Crippen LogP contribution in [0.5, 0.6) is 5.75 Å². The van der Waals surface area contributed by atoms with E-state index in [1.807, 2.05) is 0 Å². The summed E-state index contributed by atoms with van der Waals surface area (Å²) >= 11 is 0. The van der Waals surface area contributed by atoms with E-state index in [0.717, 1.165) is 6.42 Å². The first-order chi connectivity index (χ1) is 6.66. The van der Waals surface area contributed by atoms with Gasteiger partial charge in [0.2, 0.25) is 5.91 Å². The maximum atomic E-state index is 11.5. The first-order valence-corrected chi connectivity index (χ1v) is 4.76. The van der Waals surface area contributed by atoms with E-state index >= 15 is 0 Å². The average Bonchev–Trinajstić information content (AvgIpc) is 2.82. The number of carbonyl (C=O) groups is 1. The number of anilines is 1. The summed E-state index contributed by atoms with van der Waals surface area (Å²) in [5.41, 5.74) is 0.661. The number of rotatable bonds is 2. The van der Waals surface area contributed by atoms with Gasteiger partial charge < -0.3 is 10.4 Å². The van der Waals surface area contributed by atoms with Gasteiger partial charge in [-0.1, -0.05) is 13.0 Å². The first-order valence-electron chi connectivity index (χ1n) is 4.76. The van der Waals surface area contributed by atoms with Crippen LogP contribution in [0, 0.1) is 11.8 Å². The van der Waals surface area contributed by atoms with Crippen LogP contribution in [0.1, 0.15) is 13.3 Å². The second-order valence-corrected chi connectivity index (χ2v) is 3.86. The molecule has 2 rings (SSSR count). The molecule has 0 spiro atoms. The monoisotopic (exact) mass is 191 g/mol. The van der Waals surface area contributed by atoms with Gasteiger partial charge in [0.05, 0.1) is 0 Å². The van der Waals surface area contributed by atoms with Gasteiger partial charge in [-0.05, 0) is 24.5 Å². The van der Waals surface area contributed by atoms with E-state index in [1.165, 1.54) is 0 Å². The van der Waals surface area contributed by atoms with E-state index in [4.69, 9.17) is 0 Å². The lowest BCUT2D eigenvalue weighted by Crippen LogP contribution is -2.14. The topological polar surface area (TPSA) is 49.3 Å². The molecule has 2 N–H and O–H groups in total. The summed E-state index contributed by atoms with van der Waals surface area (Å²) < 4.78 is 0. The Morgan fingerprint density at radius 3 is 2.86 bits per heavy atom. The van der Waals surface area contributed by atoms with Crippen molar-refractivity contribution in [2.24, 2.45) is 11.8 Å². The zero-order chi connectivity index (χ0) is 10.1. The standard InChI is InChI=1S/C11H13NO2/c1-7-5-10(7)11(14)12-8-3-2-4-9(13)6-8/h2-4,6-7,10,13H,5H2,1H3,(H,12,14). The highest BCUT2D eigenvalue weighted by Gasteiger charge is 2.38. The second-order valence-electron chi connectivity index (χ2n) is 3.86. The zero-order valence-electron chi connectivity index (χ0n) is 8.03. The van der Waals surface area contributed by atoms with Crippen molar-refractivity contribution >= 4 is 11.6 Å². The van der Waals surface area contributed by atoms with Gasteiger partial charge in [0.1, 0.15) is 5.75 Å². The fraction of sp³-hybridized carbons (Fsp3) is 0.364. The highest BCUT2D eigenvalue weighted by Crippen LogP contribution is 2.38. The van der Waals surface area contributed by atoms with Gasteiger partial charge in [-0.3, -0.25) is 4.79 Å². The summed E-state index contributed by atoms with van der Waals surface area (Å²) in [7, 11) is 0. The number of nitrogens with one attached hydrogen (secondary N) is 1. The fourth-order valence-corrected chi connectivity index (χ4v) is 1.51. The number of hydrogen-bond acceptors (Lipinski definition) is 2. The molecular formula is C11H13NO2. The third-order valence-corrected chi connectivity index (χ3v) is 2.56. The van der Waals surface area contributed by atoms with Crippen molar-refractivity contribution in [3.63, 3.8) is 0 Å². The Morgan fingerprint density at radius 1 is 1.57 bits per heavy atom. The number of benzene rings is 1. The van der Waals surface area contributed by atoms with Crippen LogP contribution in [0.2, 0.25) is 0 Å². The number of hydrogen-bond donors (Lipinski definition) is 2. The Labute approximate surface area is 82.8 Å². The molecule has 0 bridgehead atoms. The molecule has 14 heavy (non-hydrogen) atoms. The minimum absolute atomic E-state index is 0.0584. The van der Waals surface area contributed by atoms with Crippen LogP contribution in [0.25, 0.3) is 0 Å². The molecule has 0 heterocycles. The lowest BCUT2D eigenvalue weighted by Gasteiger charge is -2.04. The summed E-state index contributed by atoms with van der Waals surface area (Å²) in [6.07, 6.45) is 0.977. The Kier molecular flexibility index (Phi) is 2.15. The summed E-state index contributed by atoms with van der Waals surface area (Å²) in [5.74, 6) is 0.902. The first kappa shape index (κ1) is 9.06. The maximum Gasteiger partial charge on any atom is 0.227 e. The van der Waals surface area contributed by atoms with E-state index in [2.05, 4.69) is 12.2 Å². The molecule has 3 nitrogen and oxygen atoms in total. The largest absolute Gasteiger partial charge is 0.508 e. The molecule has 0 aliphatic heterocycles. The van der Waals surface area contributed by atoms with Crippen LogP contribution >= 0.6 is 0 Å². The van der Waals surface area contributed by atoms with Crippen LogP contribution in [-0.4, -0.2) is 11.0 Å². The van der Waals surface area contributed by atoms with Crippen molar-refractivity contribution in [3.05, 3.63) is 24.3 Å². The zero-order valence-corrected chi connectivity index (χ0v) is 8.03. The van der Waals surface area contributed by atoms with Gasteiger partial charge in [-0.25, -0.2) is 0 Å². The van der Waals surface area contributed by atoms with Crippen LogP contribution < -0.4 is 5.32 Å². The van der Waals surface area contributed by atoms with Crippen molar-refractivity contribution in [3.8, 4) is 5.75 Å². The molecule has 1 aliphatic carbocycles. The van der Waals surface area contributed by atoms with E-state index in [1.54, 1.807) is 24.3 Å². The predicted octanol–water partition coefficient (Wildman–Crippen LogP) is 1.99. The smallest absolute Gasteiger partial charge is 0.227 e. The van der Waals surface area contributed by atoms with Gasteiger partial charge in [0.15, 0.2) is 0 Å². The molecule has 3 heteroatoms. The van der Waals surface area contributed by atoms with Crippen LogP contribution in [0.3, 0.4) is 0 Å². The van der Waals surface area contributed by atoms with Gasteiger partial charge in [0, 0.05) is 17.7 Å². The Morgan fingerprint density at radius 2 is 2.29 bits per heavy atom. The molecular weight excluding hydrogens is 178 g/mol. The van der Waals surface area contributed by atoms with Gasteiger partial charge >= 0.3 is 0 Å². The van der Waals surface area contributed by atoms with Gasteiger partial charge in [-0.15, -0.1) is 0 Å². The molecule has 1 aromatic carbocycles. The normalized spacial score (nSPS) is 24.4. The van der Waals surface area contributed by atoms with Crippen LogP contribution in [0.4, 0.5) is 5.69 Å². The summed E-state index contributed by atoms with van der Waals surface area (Å²) in [4.78, 5) is 11.5. The molecule has 1 aliphatic rings. The Hall–Kier alpha value is -1.51. The quantitative estimate of drug-likeness (QED) is 0.751. The van der Waals surface area contributed by atoms with Crippen LogP contribution in [0.15, 0.2) is 24.3 Å². The third kappa shape index (κ3) is 1.87. The van der Waals surface area contributed by atoms with E-state index < -0.39 is 0 Å². The highest BCUT2D eigenvalue weighted by molar-refractivity contribution is 5.94.